The standard InChI is InChI=1S/C12H4F6N4O4/c13-3-1(5(15)9(19)11(7(3)17)21(23)24)2-4(14)8(18)12(22(25)26)10(20)6(2)16/h19-20H2. The van der Waals surface area contributed by atoms with Gasteiger partial charge in [0.15, 0.2) is 34.6 Å². The van der Waals surface area contributed by atoms with Crippen molar-refractivity contribution in [3.05, 3.63) is 55.1 Å². The zero-order valence-electron chi connectivity index (χ0n) is 11.9. The second-order valence-corrected chi connectivity index (χ2v) is 4.67. The van der Waals surface area contributed by atoms with E-state index < -0.39 is 78.6 Å². The van der Waals surface area contributed by atoms with Gasteiger partial charge < -0.3 is 11.5 Å². The summed E-state index contributed by atoms with van der Waals surface area (Å²) < 4.78 is 83.9. The molecule has 0 fully saturated rings. The van der Waals surface area contributed by atoms with E-state index in [2.05, 4.69) is 0 Å². The number of nitrogen functional groups attached to an aromatic ring is 2. The van der Waals surface area contributed by atoms with Crippen LogP contribution in [0.4, 0.5) is 49.1 Å². The van der Waals surface area contributed by atoms with Gasteiger partial charge in [-0.2, -0.15) is 8.78 Å². The lowest BCUT2D eigenvalue weighted by Crippen LogP contribution is -2.11. The zero-order valence-corrected chi connectivity index (χ0v) is 11.9. The number of benzene rings is 2. The van der Waals surface area contributed by atoms with Crippen LogP contribution in [0.15, 0.2) is 0 Å². The molecule has 0 aromatic heterocycles. The second kappa shape index (κ2) is 6.05. The quantitative estimate of drug-likeness (QED) is 0.275. The summed E-state index contributed by atoms with van der Waals surface area (Å²) in [5, 5.41) is 21.2. The smallest absolute Gasteiger partial charge is 0.333 e. The molecule has 0 unspecified atom stereocenters. The van der Waals surface area contributed by atoms with Crippen LogP contribution in [0.2, 0.25) is 0 Å². The lowest BCUT2D eigenvalue weighted by atomic mass is 9.99. The molecule has 0 aliphatic rings. The Morgan fingerprint density at radius 3 is 1.08 bits per heavy atom. The van der Waals surface area contributed by atoms with Crippen LogP contribution < -0.4 is 11.5 Å². The van der Waals surface area contributed by atoms with E-state index in [9.17, 15) is 46.6 Å². The van der Waals surface area contributed by atoms with Crippen LogP contribution in [0.1, 0.15) is 0 Å². The number of nitro benzene ring substituents is 2. The summed E-state index contributed by atoms with van der Waals surface area (Å²) in [6.07, 6.45) is 0. The van der Waals surface area contributed by atoms with Gasteiger partial charge in [-0.05, 0) is 0 Å². The summed E-state index contributed by atoms with van der Waals surface area (Å²) in [4.78, 5) is 18.0. The van der Waals surface area contributed by atoms with E-state index in [0.29, 0.717) is 0 Å². The van der Waals surface area contributed by atoms with Gasteiger partial charge in [-0.1, -0.05) is 0 Å². The molecule has 4 N–H and O–H groups in total. The van der Waals surface area contributed by atoms with Crippen molar-refractivity contribution >= 4 is 22.7 Å². The molecule has 8 nitrogen and oxygen atoms in total. The van der Waals surface area contributed by atoms with Gasteiger partial charge in [0.1, 0.15) is 0 Å². The molecule has 0 radical (unpaired) electrons. The van der Waals surface area contributed by atoms with Crippen molar-refractivity contribution in [2.45, 2.75) is 0 Å². The molecule has 14 heteroatoms. The molecule has 0 spiro atoms. The first-order valence-electron chi connectivity index (χ1n) is 6.14. The van der Waals surface area contributed by atoms with Crippen LogP contribution in [-0.4, -0.2) is 9.85 Å². The fraction of sp³-hybridized carbons (Fsp3) is 0. The first-order valence-corrected chi connectivity index (χ1v) is 6.14. The Hall–Kier alpha value is -3.58. The first-order chi connectivity index (χ1) is 11.9. The third-order valence-corrected chi connectivity index (χ3v) is 3.28. The third kappa shape index (κ3) is 2.42. The van der Waals surface area contributed by atoms with Gasteiger partial charge in [0.05, 0.1) is 21.0 Å². The Morgan fingerprint density at radius 2 is 0.846 bits per heavy atom. The third-order valence-electron chi connectivity index (χ3n) is 3.28. The van der Waals surface area contributed by atoms with Gasteiger partial charge in [0.2, 0.25) is 11.6 Å². The topological polar surface area (TPSA) is 138 Å². The highest BCUT2D eigenvalue weighted by Crippen LogP contribution is 2.43. The van der Waals surface area contributed by atoms with E-state index in [1.54, 1.807) is 0 Å². The van der Waals surface area contributed by atoms with Crippen LogP contribution in [-0.2, 0) is 0 Å². The van der Waals surface area contributed by atoms with Gasteiger partial charge in [-0.25, -0.2) is 17.6 Å². The van der Waals surface area contributed by atoms with Crippen LogP contribution in [0, 0.1) is 55.1 Å². The van der Waals surface area contributed by atoms with Crippen molar-refractivity contribution < 1.29 is 36.2 Å². The maximum Gasteiger partial charge on any atom is 0.333 e. The van der Waals surface area contributed by atoms with Gasteiger partial charge >= 0.3 is 11.4 Å². The fourth-order valence-corrected chi connectivity index (χ4v) is 2.13. The van der Waals surface area contributed by atoms with Crippen LogP contribution in [0.3, 0.4) is 0 Å². The Bertz CT molecular complexity index is 859. The van der Waals surface area contributed by atoms with E-state index in [-0.39, 0.29) is 0 Å². The molecule has 2 rings (SSSR count). The number of anilines is 2. The molecule has 0 saturated carbocycles. The average molecular weight is 382 g/mol. The van der Waals surface area contributed by atoms with Crippen molar-refractivity contribution in [2.24, 2.45) is 0 Å². The van der Waals surface area contributed by atoms with Crippen molar-refractivity contribution in [3.63, 3.8) is 0 Å². The largest absolute Gasteiger partial charge is 0.391 e. The second-order valence-electron chi connectivity index (χ2n) is 4.67. The minimum atomic E-state index is -2.48. The predicted octanol–water partition coefficient (Wildman–Crippen LogP) is 3.17. The van der Waals surface area contributed by atoms with Gasteiger partial charge in [0, 0.05) is 0 Å². The highest BCUT2D eigenvalue weighted by atomic mass is 19.2. The molecule has 0 saturated heterocycles. The highest BCUT2D eigenvalue weighted by molar-refractivity contribution is 5.80. The maximum absolute atomic E-state index is 14.2. The maximum atomic E-state index is 14.2. The molecule has 2 aromatic rings. The Morgan fingerprint density at radius 1 is 0.577 bits per heavy atom. The van der Waals surface area contributed by atoms with Crippen molar-refractivity contribution in [3.8, 4) is 11.1 Å². The number of nitrogens with two attached hydrogens (primary N) is 2. The lowest BCUT2D eigenvalue weighted by molar-refractivity contribution is -0.387. The predicted molar refractivity (Wildman–Crippen MR) is 73.8 cm³/mol. The number of halogens is 6. The van der Waals surface area contributed by atoms with E-state index in [1.807, 2.05) is 0 Å². The summed E-state index contributed by atoms with van der Waals surface area (Å²) in [6, 6.07) is 0. The first kappa shape index (κ1) is 18.8. The molecule has 138 valence electrons. The van der Waals surface area contributed by atoms with Crippen LogP contribution in [0.5, 0.6) is 0 Å². The van der Waals surface area contributed by atoms with Crippen molar-refractivity contribution in [1.82, 2.24) is 0 Å². The molecule has 0 amide bonds. The summed E-state index contributed by atoms with van der Waals surface area (Å²) in [5.41, 5.74) is -1.03. The van der Waals surface area contributed by atoms with Crippen LogP contribution in [0.25, 0.3) is 11.1 Å². The Kier molecular flexibility index (Phi) is 4.36. The SMILES string of the molecule is Nc1c(F)c(-c2c(F)c(N)c([N+](=O)[O-])c(F)c2F)c(F)c(F)c1[N+](=O)[O-]. The molecule has 0 aliphatic heterocycles. The van der Waals surface area contributed by atoms with E-state index in [4.69, 9.17) is 11.5 Å². The number of hydrogen-bond acceptors (Lipinski definition) is 6. The van der Waals surface area contributed by atoms with Gasteiger partial charge in [-0.3, -0.25) is 20.2 Å². The van der Waals surface area contributed by atoms with Crippen molar-refractivity contribution in [2.75, 3.05) is 11.5 Å². The van der Waals surface area contributed by atoms with E-state index in [1.165, 1.54) is 0 Å². The molecule has 0 bridgehead atoms. The fourth-order valence-electron chi connectivity index (χ4n) is 2.13. The van der Waals surface area contributed by atoms with Gasteiger partial charge in [0.25, 0.3) is 0 Å². The summed E-state index contributed by atoms with van der Waals surface area (Å²) in [7, 11) is 0. The molecule has 2 aromatic carbocycles. The normalized spacial score (nSPS) is 10.8. The number of nitro groups is 2. The summed E-state index contributed by atoms with van der Waals surface area (Å²) in [5.74, 6) is -14.1. The highest BCUT2D eigenvalue weighted by Gasteiger charge is 2.38. The molecule has 0 heterocycles. The zero-order chi connectivity index (χ0) is 20.1. The van der Waals surface area contributed by atoms with Crippen LogP contribution >= 0.6 is 0 Å². The minimum Gasteiger partial charge on any atom is -0.391 e. The molecule has 26 heavy (non-hydrogen) atoms. The van der Waals surface area contributed by atoms with E-state index >= 15 is 0 Å². The molecule has 0 aliphatic carbocycles. The number of rotatable bonds is 3. The Balaban J connectivity index is 3.05. The molecule has 0 atom stereocenters. The molecular formula is C12H4F6N4O4. The van der Waals surface area contributed by atoms with E-state index in [0.717, 1.165) is 0 Å². The number of hydrogen-bond donors (Lipinski definition) is 2. The van der Waals surface area contributed by atoms with Crippen molar-refractivity contribution in [1.29, 1.82) is 0 Å². The number of nitrogens with zero attached hydrogens (tertiary/aromatic N) is 2. The summed E-state index contributed by atoms with van der Waals surface area (Å²) >= 11 is 0. The lowest BCUT2D eigenvalue weighted by Gasteiger charge is -2.13. The minimum absolute atomic E-state index is 1.60. The summed E-state index contributed by atoms with van der Waals surface area (Å²) in [6.45, 7) is 0. The van der Waals surface area contributed by atoms with Gasteiger partial charge in [-0.15, -0.1) is 0 Å². The Labute approximate surface area is 137 Å². The monoisotopic (exact) mass is 382 g/mol. The average Bonchev–Trinajstić information content (AvgIpc) is 2.54. The molecular weight excluding hydrogens is 378 g/mol.